The van der Waals surface area contributed by atoms with Gasteiger partial charge >= 0.3 is 0 Å². The van der Waals surface area contributed by atoms with Gasteiger partial charge in [-0.1, -0.05) is 0 Å². The van der Waals surface area contributed by atoms with Gasteiger partial charge < -0.3 is 15.0 Å². The van der Waals surface area contributed by atoms with Gasteiger partial charge in [-0.05, 0) is 62.2 Å². The highest BCUT2D eigenvalue weighted by Gasteiger charge is 2.13. The molecule has 0 atom stereocenters. The number of nitrogens with zero attached hydrogens (tertiary/aromatic N) is 3. The maximum atomic E-state index is 5.63. The number of nitrogens with two attached hydrogens (primary N) is 1. The molecule has 23 heavy (non-hydrogen) atoms. The van der Waals surface area contributed by atoms with Crippen molar-refractivity contribution in [1.82, 2.24) is 14.5 Å². The Morgan fingerprint density at radius 1 is 1.17 bits per heavy atom. The second-order valence-corrected chi connectivity index (χ2v) is 5.67. The molecule has 0 amide bonds. The third-order valence-corrected chi connectivity index (χ3v) is 3.91. The molecule has 0 fully saturated rings. The van der Waals surface area contributed by atoms with Crippen LogP contribution in [0.2, 0.25) is 0 Å². The summed E-state index contributed by atoms with van der Waals surface area (Å²) in [6, 6.07) is 10.1. The Bertz CT molecular complexity index is 793. The SMILES string of the molecule is COc1ccc(-c2nc3cc(C)cnc3n2CCCCN)cc1. The minimum atomic E-state index is 0.705. The van der Waals surface area contributed by atoms with E-state index in [4.69, 9.17) is 15.5 Å². The second-order valence-electron chi connectivity index (χ2n) is 5.67. The molecule has 1 aromatic carbocycles. The number of rotatable bonds is 6. The number of fused-ring (bicyclic) bond motifs is 1. The monoisotopic (exact) mass is 310 g/mol. The fourth-order valence-electron chi connectivity index (χ4n) is 2.70. The van der Waals surface area contributed by atoms with Crippen molar-refractivity contribution in [3.8, 4) is 17.1 Å². The van der Waals surface area contributed by atoms with Gasteiger partial charge in [0, 0.05) is 18.3 Å². The molecular weight excluding hydrogens is 288 g/mol. The predicted molar refractivity (Wildman–Crippen MR) is 92.5 cm³/mol. The molecule has 2 aromatic heterocycles. The van der Waals surface area contributed by atoms with Crippen LogP contribution in [-0.2, 0) is 6.54 Å². The molecule has 0 aliphatic carbocycles. The number of unbranched alkanes of at least 4 members (excludes halogenated alkanes) is 1. The van der Waals surface area contributed by atoms with Crippen molar-refractivity contribution < 1.29 is 4.74 Å². The fourth-order valence-corrected chi connectivity index (χ4v) is 2.70. The van der Waals surface area contributed by atoms with Crippen molar-refractivity contribution in [2.75, 3.05) is 13.7 Å². The van der Waals surface area contributed by atoms with E-state index < -0.39 is 0 Å². The molecular formula is C18H22N4O. The molecule has 5 nitrogen and oxygen atoms in total. The zero-order chi connectivity index (χ0) is 16.2. The van der Waals surface area contributed by atoms with Gasteiger partial charge in [0.2, 0.25) is 0 Å². The summed E-state index contributed by atoms with van der Waals surface area (Å²) in [5.74, 6) is 1.78. The molecule has 5 heteroatoms. The van der Waals surface area contributed by atoms with Gasteiger partial charge in [-0.2, -0.15) is 0 Å². The largest absolute Gasteiger partial charge is 0.497 e. The molecule has 0 unspecified atom stereocenters. The summed E-state index contributed by atoms with van der Waals surface area (Å²) in [5.41, 5.74) is 9.67. The Labute approximate surface area is 136 Å². The Morgan fingerprint density at radius 3 is 2.65 bits per heavy atom. The standard InChI is InChI=1S/C18H22N4O/c1-13-11-16-18(20-12-13)22(10-4-3-9-19)17(21-16)14-5-7-15(23-2)8-6-14/h5-8,11-12H,3-4,9-10,19H2,1-2H3. The number of pyridine rings is 1. The van der Waals surface area contributed by atoms with Crippen molar-refractivity contribution in [3.05, 3.63) is 42.1 Å². The molecule has 0 radical (unpaired) electrons. The predicted octanol–water partition coefficient (Wildman–Crippen LogP) is 3.15. The first-order chi connectivity index (χ1) is 11.2. The summed E-state index contributed by atoms with van der Waals surface area (Å²) in [4.78, 5) is 9.39. The van der Waals surface area contributed by atoms with Crippen molar-refractivity contribution in [2.45, 2.75) is 26.3 Å². The number of imidazole rings is 1. The Hall–Kier alpha value is -2.40. The molecule has 0 spiro atoms. The van der Waals surface area contributed by atoms with Crippen LogP contribution < -0.4 is 10.5 Å². The van der Waals surface area contributed by atoms with E-state index in [9.17, 15) is 0 Å². The molecule has 0 aliphatic heterocycles. The van der Waals surface area contributed by atoms with Crippen molar-refractivity contribution >= 4 is 11.2 Å². The Morgan fingerprint density at radius 2 is 1.96 bits per heavy atom. The minimum Gasteiger partial charge on any atom is -0.497 e. The lowest BCUT2D eigenvalue weighted by Gasteiger charge is -2.09. The summed E-state index contributed by atoms with van der Waals surface area (Å²) in [6.45, 7) is 3.61. The summed E-state index contributed by atoms with van der Waals surface area (Å²) in [5, 5.41) is 0. The molecule has 0 saturated heterocycles. The first kappa shape index (κ1) is 15.5. The van der Waals surface area contributed by atoms with E-state index in [2.05, 4.69) is 15.6 Å². The number of aryl methyl sites for hydroxylation is 2. The lowest BCUT2D eigenvalue weighted by atomic mass is 10.2. The molecule has 0 bridgehead atoms. The van der Waals surface area contributed by atoms with Crippen LogP contribution in [0.15, 0.2) is 36.5 Å². The van der Waals surface area contributed by atoms with Crippen LogP contribution in [0.25, 0.3) is 22.6 Å². The van der Waals surface area contributed by atoms with Crippen molar-refractivity contribution in [1.29, 1.82) is 0 Å². The average molecular weight is 310 g/mol. The molecule has 3 rings (SSSR count). The maximum Gasteiger partial charge on any atom is 0.160 e. The zero-order valence-electron chi connectivity index (χ0n) is 13.6. The van der Waals surface area contributed by atoms with E-state index in [0.29, 0.717) is 6.54 Å². The maximum absolute atomic E-state index is 5.63. The van der Waals surface area contributed by atoms with Crippen LogP contribution >= 0.6 is 0 Å². The van der Waals surface area contributed by atoms with E-state index in [1.807, 2.05) is 37.4 Å². The first-order valence-electron chi connectivity index (χ1n) is 7.90. The number of methoxy groups -OCH3 is 1. The third-order valence-electron chi connectivity index (χ3n) is 3.91. The van der Waals surface area contributed by atoms with E-state index in [0.717, 1.165) is 53.3 Å². The number of hydrogen-bond donors (Lipinski definition) is 1. The highest BCUT2D eigenvalue weighted by Crippen LogP contribution is 2.26. The molecule has 3 aromatic rings. The summed E-state index contributed by atoms with van der Waals surface area (Å²) in [6.07, 6.45) is 3.90. The van der Waals surface area contributed by atoms with Gasteiger partial charge in [-0.25, -0.2) is 9.97 Å². The highest BCUT2D eigenvalue weighted by atomic mass is 16.5. The van der Waals surface area contributed by atoms with Crippen LogP contribution in [0.4, 0.5) is 0 Å². The van der Waals surface area contributed by atoms with Gasteiger partial charge in [0.25, 0.3) is 0 Å². The third kappa shape index (κ3) is 3.19. The number of hydrogen-bond acceptors (Lipinski definition) is 4. The van der Waals surface area contributed by atoms with Gasteiger partial charge in [-0.3, -0.25) is 0 Å². The van der Waals surface area contributed by atoms with Gasteiger partial charge in [0.05, 0.1) is 7.11 Å². The summed E-state index contributed by atoms with van der Waals surface area (Å²) < 4.78 is 7.42. The number of ether oxygens (including phenoxy) is 1. The quantitative estimate of drug-likeness (QED) is 0.710. The van der Waals surface area contributed by atoms with E-state index in [1.54, 1.807) is 7.11 Å². The molecule has 2 heterocycles. The number of aromatic nitrogens is 3. The minimum absolute atomic E-state index is 0.705. The normalized spacial score (nSPS) is 11.1. The van der Waals surface area contributed by atoms with Crippen LogP contribution in [-0.4, -0.2) is 28.2 Å². The van der Waals surface area contributed by atoms with E-state index in [1.165, 1.54) is 0 Å². The molecule has 0 aliphatic rings. The van der Waals surface area contributed by atoms with Crippen molar-refractivity contribution in [2.24, 2.45) is 5.73 Å². The Kier molecular flexibility index (Phi) is 4.57. The summed E-state index contributed by atoms with van der Waals surface area (Å²) in [7, 11) is 1.67. The fraction of sp³-hybridized carbons (Fsp3) is 0.333. The first-order valence-corrected chi connectivity index (χ1v) is 7.90. The second kappa shape index (κ2) is 6.79. The van der Waals surface area contributed by atoms with Crippen LogP contribution in [0.3, 0.4) is 0 Å². The van der Waals surface area contributed by atoms with Gasteiger partial charge in [0.15, 0.2) is 5.65 Å². The molecule has 0 saturated carbocycles. The van der Waals surface area contributed by atoms with Crippen molar-refractivity contribution in [3.63, 3.8) is 0 Å². The summed E-state index contributed by atoms with van der Waals surface area (Å²) >= 11 is 0. The number of benzene rings is 1. The average Bonchev–Trinajstić information content (AvgIpc) is 2.93. The molecule has 120 valence electrons. The van der Waals surface area contributed by atoms with Gasteiger partial charge in [0.1, 0.15) is 17.1 Å². The zero-order valence-corrected chi connectivity index (χ0v) is 13.6. The smallest absolute Gasteiger partial charge is 0.160 e. The topological polar surface area (TPSA) is 66.0 Å². The lowest BCUT2D eigenvalue weighted by Crippen LogP contribution is -2.05. The highest BCUT2D eigenvalue weighted by molar-refractivity contribution is 5.77. The molecule has 2 N–H and O–H groups in total. The van der Waals surface area contributed by atoms with Crippen LogP contribution in [0.5, 0.6) is 5.75 Å². The lowest BCUT2D eigenvalue weighted by molar-refractivity contribution is 0.415. The van der Waals surface area contributed by atoms with Gasteiger partial charge in [-0.15, -0.1) is 0 Å². The van der Waals surface area contributed by atoms with Crippen LogP contribution in [0.1, 0.15) is 18.4 Å². The van der Waals surface area contributed by atoms with E-state index in [-0.39, 0.29) is 0 Å². The Balaban J connectivity index is 2.07. The van der Waals surface area contributed by atoms with E-state index >= 15 is 0 Å². The van der Waals surface area contributed by atoms with Crippen LogP contribution in [0, 0.1) is 6.92 Å².